The summed E-state index contributed by atoms with van der Waals surface area (Å²) in [5, 5.41) is 27.0. The monoisotopic (exact) mass is 606 g/mol. The number of benzene rings is 4. The average Bonchev–Trinajstić information content (AvgIpc) is 2.91. The quantitative estimate of drug-likeness (QED) is 0.0795. The Morgan fingerprint density at radius 1 is 0.952 bits per heavy atom. The van der Waals surface area contributed by atoms with E-state index in [9.17, 15) is 24.4 Å². The van der Waals surface area contributed by atoms with Gasteiger partial charge in [-0.1, -0.05) is 12.1 Å². The highest BCUT2D eigenvalue weighted by molar-refractivity contribution is 7.80. The normalized spacial score (nSPS) is 11.4. The number of carboxylic acid groups (broad SMARTS) is 1. The number of phosphoric acid groups is 1. The Balaban J connectivity index is 1.40. The summed E-state index contributed by atoms with van der Waals surface area (Å²) >= 11 is 5.44. The second-order valence-electron chi connectivity index (χ2n) is 9.24. The molecule has 3 aromatic carbocycles. The molecule has 0 atom stereocenters. The van der Waals surface area contributed by atoms with Crippen LogP contribution in [0, 0.1) is 0 Å². The van der Waals surface area contributed by atoms with E-state index in [2.05, 4.69) is 15.2 Å². The third-order valence-electron chi connectivity index (χ3n) is 6.30. The van der Waals surface area contributed by atoms with Crippen LogP contribution in [0.4, 0.5) is 5.69 Å². The smallest absolute Gasteiger partial charge is 0.508 e. The van der Waals surface area contributed by atoms with Crippen LogP contribution in [0.5, 0.6) is 11.5 Å². The van der Waals surface area contributed by atoms with Gasteiger partial charge >= 0.3 is 13.8 Å². The van der Waals surface area contributed by atoms with E-state index < -0.39 is 13.8 Å². The Morgan fingerprint density at radius 2 is 1.71 bits per heavy atom. The molecule has 0 radical (unpaired) electrons. The summed E-state index contributed by atoms with van der Waals surface area (Å²) in [6.07, 6.45) is 0.543. The van der Waals surface area contributed by atoms with Crippen LogP contribution in [0.25, 0.3) is 33.4 Å². The molecule has 0 spiro atoms. The molecule has 0 saturated heterocycles. The molecule has 0 fully saturated rings. The minimum Gasteiger partial charge on any atom is -0.508 e. The molecule has 11 nitrogen and oxygen atoms in total. The van der Waals surface area contributed by atoms with Crippen molar-refractivity contribution >= 4 is 47.8 Å². The van der Waals surface area contributed by atoms with E-state index in [1.54, 1.807) is 36.4 Å². The fraction of sp³-hybridized carbons (Fsp3) is 0.0690. The molecule has 1 aliphatic carbocycles. The molecular formula is C29H23N2O9PS. The summed E-state index contributed by atoms with van der Waals surface area (Å²) < 4.78 is 21.4. The van der Waals surface area contributed by atoms with Gasteiger partial charge in [-0.2, -0.15) is 0 Å². The van der Waals surface area contributed by atoms with Gasteiger partial charge in [0.2, 0.25) is 0 Å². The number of hydrogen-bond donors (Lipinski definition) is 6. The van der Waals surface area contributed by atoms with Crippen LogP contribution in [0.2, 0.25) is 0 Å². The van der Waals surface area contributed by atoms with E-state index in [1.165, 1.54) is 42.5 Å². The molecule has 0 saturated carbocycles. The number of carbonyl (C=O) groups is 1. The number of aromatic carboxylic acids is 1. The summed E-state index contributed by atoms with van der Waals surface area (Å²) in [5.41, 5.74) is 2.76. The lowest BCUT2D eigenvalue weighted by atomic mass is 9.90. The molecule has 42 heavy (non-hydrogen) atoms. The zero-order valence-electron chi connectivity index (χ0n) is 21.6. The average molecular weight is 607 g/mol. The highest BCUT2D eigenvalue weighted by atomic mass is 32.1. The Bertz CT molecular complexity index is 1900. The van der Waals surface area contributed by atoms with Crippen molar-refractivity contribution in [3.05, 3.63) is 100 Å². The van der Waals surface area contributed by atoms with Crippen molar-refractivity contribution in [2.45, 2.75) is 6.42 Å². The molecule has 1 aliphatic heterocycles. The maximum atomic E-state index is 12.3. The number of phosphoric ester groups is 1. The summed E-state index contributed by atoms with van der Waals surface area (Å²) in [5.74, 6) is -0.916. The van der Waals surface area contributed by atoms with Gasteiger partial charge < -0.3 is 29.8 Å². The topological polar surface area (TPSA) is 179 Å². The molecule has 214 valence electrons. The van der Waals surface area contributed by atoms with Gasteiger partial charge in [-0.25, -0.2) is 9.36 Å². The van der Waals surface area contributed by atoms with Crippen LogP contribution >= 0.6 is 20.0 Å². The molecule has 3 aromatic rings. The van der Waals surface area contributed by atoms with Crippen molar-refractivity contribution in [2.24, 2.45) is 0 Å². The van der Waals surface area contributed by atoms with Gasteiger partial charge in [0, 0.05) is 40.9 Å². The van der Waals surface area contributed by atoms with Gasteiger partial charge in [0.1, 0.15) is 22.8 Å². The van der Waals surface area contributed by atoms with Crippen LogP contribution in [0.15, 0.2) is 88.1 Å². The van der Waals surface area contributed by atoms with E-state index >= 15 is 0 Å². The highest BCUT2D eigenvalue weighted by Crippen LogP contribution is 2.42. The Labute approximate surface area is 243 Å². The van der Waals surface area contributed by atoms with Crippen LogP contribution in [0.3, 0.4) is 0 Å². The first kappa shape index (κ1) is 28.8. The molecule has 5 rings (SSSR count). The Kier molecular flexibility index (Phi) is 7.97. The van der Waals surface area contributed by atoms with Crippen molar-refractivity contribution in [1.29, 1.82) is 0 Å². The number of phenolic OH excluding ortho intramolecular Hbond substituents is 1. The van der Waals surface area contributed by atoms with Gasteiger partial charge in [0.15, 0.2) is 10.5 Å². The molecule has 1 heterocycles. The lowest BCUT2D eigenvalue weighted by molar-refractivity contribution is 0.0697. The maximum Gasteiger partial charge on any atom is 0.524 e. The summed E-state index contributed by atoms with van der Waals surface area (Å²) in [6.45, 7) is 0.432. The number of nitrogens with one attached hydrogen (secondary N) is 2. The first-order valence-electron chi connectivity index (χ1n) is 12.4. The third-order valence-corrected chi connectivity index (χ3v) is 7.00. The number of anilines is 1. The minimum atomic E-state index is -4.63. The van der Waals surface area contributed by atoms with E-state index in [1.807, 2.05) is 0 Å². The van der Waals surface area contributed by atoms with Crippen LogP contribution < -0.4 is 20.6 Å². The standard InChI is InChI=1S/C29H23N2O9PS/c32-18-4-9-22-25(14-18)39-26-15-19(33)5-10-23(26)27(22)24-13-17(3-8-21(24)28(34)35)31-29(42)30-12-11-16-1-6-20(7-2-16)40-41(36,37)38/h1-10,13-15,32H,11-12H2,(H,34,35)(H2,30,31,42)(H2,36,37,38). The van der Waals surface area contributed by atoms with Gasteiger partial charge in [-0.15, -0.1) is 0 Å². The van der Waals surface area contributed by atoms with Crippen LogP contribution in [0.1, 0.15) is 15.9 Å². The lowest BCUT2D eigenvalue weighted by Gasteiger charge is -2.18. The van der Waals surface area contributed by atoms with E-state index in [4.69, 9.17) is 26.4 Å². The predicted octanol–water partition coefficient (Wildman–Crippen LogP) is 4.97. The largest absolute Gasteiger partial charge is 0.524 e. The van der Waals surface area contributed by atoms with Crippen molar-refractivity contribution in [3.63, 3.8) is 0 Å². The number of aromatic hydroxyl groups is 1. The zero-order valence-corrected chi connectivity index (χ0v) is 23.3. The van der Waals surface area contributed by atoms with Crippen molar-refractivity contribution in [3.8, 4) is 33.9 Å². The number of thiocarbonyl (C=S) groups is 1. The van der Waals surface area contributed by atoms with Gasteiger partial charge in [0.25, 0.3) is 0 Å². The number of fused-ring (bicyclic) bond motifs is 2. The molecule has 0 aromatic heterocycles. The molecule has 0 amide bonds. The van der Waals surface area contributed by atoms with Crippen molar-refractivity contribution in [2.75, 3.05) is 11.9 Å². The molecule has 2 aliphatic rings. The Morgan fingerprint density at radius 3 is 2.43 bits per heavy atom. The summed E-state index contributed by atoms with van der Waals surface area (Å²) in [7, 11) is -4.63. The Hall–Kier alpha value is -4.74. The SMILES string of the molecule is O=C(O)c1ccc(NC(=S)NCCc2ccc(OP(=O)(O)O)cc2)cc1-c1c2ccc(=O)cc-2oc2cc(O)ccc12. The third kappa shape index (κ3) is 6.59. The molecular weight excluding hydrogens is 583 g/mol. The number of carboxylic acids is 1. The van der Waals surface area contributed by atoms with Crippen LogP contribution in [-0.2, 0) is 11.0 Å². The maximum absolute atomic E-state index is 12.3. The predicted molar refractivity (Wildman–Crippen MR) is 160 cm³/mol. The second-order valence-corrected chi connectivity index (χ2v) is 10.8. The minimum absolute atomic E-state index is 0.0127. The second kappa shape index (κ2) is 11.6. The molecule has 0 bridgehead atoms. The van der Waals surface area contributed by atoms with E-state index in [0.717, 1.165) is 5.56 Å². The number of hydrogen-bond acceptors (Lipinski definition) is 7. The zero-order chi connectivity index (χ0) is 30.0. The molecule has 6 N–H and O–H groups in total. The van der Waals surface area contributed by atoms with Crippen LogP contribution in [-0.4, -0.2) is 37.6 Å². The van der Waals surface area contributed by atoms with E-state index in [-0.39, 0.29) is 38.9 Å². The molecule has 13 heteroatoms. The first-order valence-corrected chi connectivity index (χ1v) is 14.4. The number of rotatable bonds is 8. The van der Waals surface area contributed by atoms with Crippen molar-refractivity contribution < 1.29 is 38.3 Å². The van der Waals surface area contributed by atoms with E-state index in [0.29, 0.717) is 40.7 Å². The summed E-state index contributed by atoms with van der Waals surface area (Å²) in [6, 6.07) is 19.7. The fourth-order valence-electron chi connectivity index (χ4n) is 4.51. The summed E-state index contributed by atoms with van der Waals surface area (Å²) in [4.78, 5) is 42.1. The first-order chi connectivity index (χ1) is 20.0. The lowest BCUT2D eigenvalue weighted by Crippen LogP contribution is -2.30. The highest BCUT2D eigenvalue weighted by Gasteiger charge is 2.22. The van der Waals surface area contributed by atoms with Gasteiger partial charge in [-0.3, -0.25) is 14.6 Å². The van der Waals surface area contributed by atoms with Gasteiger partial charge in [0.05, 0.1) is 5.56 Å². The van der Waals surface area contributed by atoms with Gasteiger partial charge in [-0.05, 0) is 84.4 Å². The fourth-order valence-corrected chi connectivity index (χ4v) is 5.13. The molecule has 0 unspecified atom stereocenters. The van der Waals surface area contributed by atoms with Crippen molar-refractivity contribution in [1.82, 2.24) is 5.32 Å². The number of phenols is 1.